The lowest BCUT2D eigenvalue weighted by atomic mass is 9.42. The molecule has 3 aliphatic carbocycles. The third kappa shape index (κ3) is 9.02. The Morgan fingerprint density at radius 3 is 1.11 bits per heavy atom. The summed E-state index contributed by atoms with van der Waals surface area (Å²) in [6.45, 7) is 4.60. The van der Waals surface area contributed by atoms with Crippen molar-refractivity contribution >= 4 is 0 Å². The van der Waals surface area contributed by atoms with E-state index in [9.17, 15) is 0 Å². The highest BCUT2D eigenvalue weighted by atomic mass is 19.1. The van der Waals surface area contributed by atoms with Crippen LogP contribution in [0.3, 0.4) is 0 Å². The summed E-state index contributed by atoms with van der Waals surface area (Å²) in [5.74, 6) is 1.82. The van der Waals surface area contributed by atoms with Gasteiger partial charge in [-0.05, 0) is 69.6 Å². The van der Waals surface area contributed by atoms with Gasteiger partial charge in [0.25, 0.3) is 0 Å². The fourth-order valence-electron chi connectivity index (χ4n) is 8.48. The summed E-state index contributed by atoms with van der Waals surface area (Å²) in [7, 11) is 0. The van der Waals surface area contributed by atoms with Gasteiger partial charge >= 0.3 is 0 Å². The van der Waals surface area contributed by atoms with Crippen molar-refractivity contribution in [3.8, 4) is 0 Å². The van der Waals surface area contributed by atoms with Crippen molar-refractivity contribution < 1.29 is 4.39 Å². The highest BCUT2D eigenvalue weighted by Crippen LogP contribution is 2.68. The van der Waals surface area contributed by atoms with Gasteiger partial charge in [0.15, 0.2) is 0 Å². The molecule has 3 fully saturated rings. The summed E-state index contributed by atoms with van der Waals surface area (Å²) in [5.41, 5.74) is 0.223. The van der Waals surface area contributed by atoms with Crippen molar-refractivity contribution in [2.45, 2.75) is 193 Å². The van der Waals surface area contributed by atoms with Crippen molar-refractivity contribution in [2.75, 3.05) is 0 Å². The first-order valence-electron chi connectivity index (χ1n) is 16.8. The first-order valence-corrected chi connectivity index (χ1v) is 16.8. The summed E-state index contributed by atoms with van der Waals surface area (Å²) < 4.78 is 15.8. The van der Waals surface area contributed by atoms with E-state index in [0.717, 1.165) is 11.8 Å². The van der Waals surface area contributed by atoms with Crippen LogP contribution < -0.4 is 0 Å². The van der Waals surface area contributed by atoms with Crippen LogP contribution in [-0.4, -0.2) is 6.17 Å². The number of rotatable bonds is 18. The predicted molar refractivity (Wildman–Crippen MR) is 153 cm³/mol. The molecule has 0 aliphatic heterocycles. The van der Waals surface area contributed by atoms with Gasteiger partial charge in [-0.1, -0.05) is 129 Å². The second kappa shape index (κ2) is 16.0. The fourth-order valence-corrected chi connectivity index (χ4v) is 8.48. The lowest BCUT2D eigenvalue weighted by Gasteiger charge is -2.63. The van der Waals surface area contributed by atoms with Gasteiger partial charge in [-0.25, -0.2) is 4.39 Å². The van der Waals surface area contributed by atoms with Gasteiger partial charge in [0.05, 0.1) is 0 Å². The van der Waals surface area contributed by atoms with Gasteiger partial charge in [-0.3, -0.25) is 0 Å². The minimum Gasteiger partial charge on any atom is -0.246 e. The maximum absolute atomic E-state index is 15.8. The molecule has 0 aromatic carbocycles. The summed E-state index contributed by atoms with van der Waals surface area (Å²) in [6.07, 6.45) is 36.5. The van der Waals surface area contributed by atoms with E-state index in [0.29, 0.717) is 0 Å². The quantitative estimate of drug-likeness (QED) is 0.168. The van der Waals surface area contributed by atoms with Crippen molar-refractivity contribution in [3.05, 3.63) is 0 Å². The van der Waals surface area contributed by atoms with E-state index in [1.807, 2.05) is 0 Å². The van der Waals surface area contributed by atoms with E-state index in [1.165, 1.54) is 173 Å². The molecule has 35 heavy (non-hydrogen) atoms. The minimum atomic E-state index is -0.469. The topological polar surface area (TPSA) is 0 Å². The molecule has 3 aliphatic rings. The van der Waals surface area contributed by atoms with Crippen LogP contribution in [0.2, 0.25) is 0 Å². The average Bonchev–Trinajstić information content (AvgIpc) is 2.89. The maximum Gasteiger partial charge on any atom is 0.111 e. The Morgan fingerprint density at radius 2 is 0.800 bits per heavy atom. The van der Waals surface area contributed by atoms with Crippen molar-refractivity contribution in [2.24, 2.45) is 22.7 Å². The van der Waals surface area contributed by atoms with E-state index in [-0.39, 0.29) is 10.8 Å². The van der Waals surface area contributed by atoms with Crippen molar-refractivity contribution in [1.82, 2.24) is 0 Å². The van der Waals surface area contributed by atoms with E-state index in [1.54, 1.807) is 0 Å². The van der Waals surface area contributed by atoms with Crippen LogP contribution in [0.4, 0.5) is 4.39 Å². The molecular weight excluding hydrogens is 427 g/mol. The highest BCUT2D eigenvalue weighted by molar-refractivity contribution is 5.13. The van der Waals surface area contributed by atoms with E-state index < -0.39 is 6.17 Å². The SMILES string of the molecule is CCCCCCCCCCC1CC[C@]2(CC1)C[C@@]1(CCC(CCCCCCCCCC)CC1)C2F. The van der Waals surface area contributed by atoms with E-state index in [2.05, 4.69) is 13.8 Å². The van der Waals surface area contributed by atoms with E-state index >= 15 is 4.39 Å². The Hall–Kier alpha value is -0.0700. The van der Waals surface area contributed by atoms with Crippen molar-refractivity contribution in [1.29, 1.82) is 0 Å². The fraction of sp³-hybridized carbons (Fsp3) is 1.00. The Balaban J connectivity index is 1.21. The highest BCUT2D eigenvalue weighted by Gasteiger charge is 2.64. The third-order valence-corrected chi connectivity index (χ3v) is 10.9. The van der Waals surface area contributed by atoms with Crippen LogP contribution in [0.5, 0.6) is 0 Å². The van der Waals surface area contributed by atoms with Crippen LogP contribution in [0.15, 0.2) is 0 Å². The zero-order valence-corrected chi connectivity index (χ0v) is 24.2. The van der Waals surface area contributed by atoms with Gasteiger partial charge in [0.2, 0.25) is 0 Å². The summed E-state index contributed by atoms with van der Waals surface area (Å²) >= 11 is 0. The van der Waals surface area contributed by atoms with Crippen molar-refractivity contribution in [3.63, 3.8) is 0 Å². The Labute approximate surface area is 220 Å². The summed E-state index contributed by atoms with van der Waals surface area (Å²) in [4.78, 5) is 0. The normalized spacial score (nSPS) is 32.8. The average molecular weight is 491 g/mol. The smallest absolute Gasteiger partial charge is 0.111 e. The second-order valence-electron chi connectivity index (χ2n) is 13.7. The van der Waals surface area contributed by atoms with E-state index in [4.69, 9.17) is 0 Å². The molecule has 0 saturated heterocycles. The Morgan fingerprint density at radius 1 is 0.486 bits per heavy atom. The van der Waals surface area contributed by atoms with Gasteiger partial charge in [0, 0.05) is 10.8 Å². The van der Waals surface area contributed by atoms with Crippen LogP contribution in [-0.2, 0) is 0 Å². The standard InChI is InChI=1S/C34H63F/c1-3-5-7-9-11-13-15-17-19-30-21-25-33(26-22-30)29-34(32(33)35)27-23-31(24-28-34)20-18-16-14-12-10-8-6-4-2/h30-32H,3-29H2,1-2H3/t30?,31?,32?,33-,34-. The predicted octanol–water partition coefficient (Wildman–Crippen LogP) is 12.1. The summed E-state index contributed by atoms with van der Waals surface area (Å²) in [5, 5.41) is 0. The maximum atomic E-state index is 15.8. The van der Waals surface area contributed by atoms with Gasteiger partial charge in [0.1, 0.15) is 6.17 Å². The van der Waals surface area contributed by atoms with Gasteiger partial charge in [-0.2, -0.15) is 0 Å². The Bertz CT molecular complexity index is 477. The molecule has 0 amide bonds. The molecule has 0 aromatic rings. The van der Waals surface area contributed by atoms with Gasteiger partial charge in [-0.15, -0.1) is 0 Å². The molecule has 0 nitrogen and oxygen atoms in total. The molecule has 0 N–H and O–H groups in total. The molecule has 0 bridgehead atoms. The lowest BCUT2D eigenvalue weighted by molar-refractivity contribution is -0.184. The molecule has 0 aromatic heterocycles. The van der Waals surface area contributed by atoms with Crippen LogP contribution in [0.25, 0.3) is 0 Å². The molecule has 0 heterocycles. The molecule has 1 heteroatoms. The number of hydrogen-bond donors (Lipinski definition) is 0. The molecule has 2 spiro atoms. The monoisotopic (exact) mass is 490 g/mol. The number of unbranched alkanes of at least 4 members (excludes halogenated alkanes) is 14. The molecule has 0 radical (unpaired) electrons. The number of halogens is 1. The number of alkyl halides is 1. The molecule has 0 unspecified atom stereocenters. The molecule has 0 atom stereocenters. The second-order valence-corrected chi connectivity index (χ2v) is 13.7. The number of hydrogen-bond acceptors (Lipinski definition) is 0. The molecule has 3 saturated carbocycles. The van der Waals surface area contributed by atoms with Crippen LogP contribution >= 0.6 is 0 Å². The van der Waals surface area contributed by atoms with Gasteiger partial charge < -0.3 is 0 Å². The Kier molecular flexibility index (Phi) is 13.5. The van der Waals surface area contributed by atoms with Crippen LogP contribution in [0, 0.1) is 22.7 Å². The molecular formula is C34H63F. The van der Waals surface area contributed by atoms with Crippen LogP contribution in [0.1, 0.15) is 187 Å². The zero-order chi connectivity index (χ0) is 24.8. The molecule has 206 valence electrons. The first kappa shape index (κ1) is 29.5. The first-order chi connectivity index (χ1) is 17.1. The minimum absolute atomic E-state index is 0.111. The lowest BCUT2D eigenvalue weighted by Crippen LogP contribution is -2.60. The largest absolute Gasteiger partial charge is 0.246 e. The third-order valence-electron chi connectivity index (χ3n) is 10.9. The summed E-state index contributed by atoms with van der Waals surface area (Å²) in [6, 6.07) is 0. The zero-order valence-electron chi connectivity index (χ0n) is 24.2. The molecule has 3 rings (SSSR count).